The molecule has 0 aliphatic heterocycles. The lowest BCUT2D eigenvalue weighted by atomic mass is 10.2. The number of hydrogen-bond acceptors (Lipinski definition) is 6. The van der Waals surface area contributed by atoms with Gasteiger partial charge in [0.25, 0.3) is 5.82 Å². The van der Waals surface area contributed by atoms with Crippen LogP contribution in [-0.4, -0.2) is 47.5 Å². The van der Waals surface area contributed by atoms with E-state index in [1.165, 1.54) is 28.5 Å². The first-order valence-corrected chi connectivity index (χ1v) is 9.89. The zero-order valence-corrected chi connectivity index (χ0v) is 18.3. The van der Waals surface area contributed by atoms with Crippen LogP contribution in [0.3, 0.4) is 0 Å². The largest absolute Gasteiger partial charge is 0.497 e. The summed E-state index contributed by atoms with van der Waals surface area (Å²) >= 11 is 0. The lowest BCUT2D eigenvalue weighted by Gasteiger charge is -2.19. The van der Waals surface area contributed by atoms with Gasteiger partial charge in [0.2, 0.25) is 5.78 Å². The molecule has 0 N–H and O–H groups in total. The molecule has 4 rings (SSSR count). The minimum Gasteiger partial charge on any atom is -0.497 e. The fourth-order valence-corrected chi connectivity index (χ4v) is 3.10. The fraction of sp³-hybridized carbons (Fsp3) is 0.333. The van der Waals surface area contributed by atoms with Crippen LogP contribution in [0.25, 0.3) is 17.3 Å². The summed E-state index contributed by atoms with van der Waals surface area (Å²) in [6.45, 7) is 5.20. The second-order valence-corrected chi connectivity index (χ2v) is 8.24. The van der Waals surface area contributed by atoms with Crippen LogP contribution in [0.4, 0.5) is 18.0 Å². The number of ether oxygens (including phenoxy) is 2. The van der Waals surface area contributed by atoms with E-state index in [0.717, 1.165) is 4.68 Å². The average Bonchev–Trinajstić information content (AvgIpc) is 3.40. The zero-order chi connectivity index (χ0) is 24.0. The van der Waals surface area contributed by atoms with Crippen LogP contribution in [0.2, 0.25) is 0 Å². The van der Waals surface area contributed by atoms with Crippen LogP contribution in [0, 0.1) is 0 Å². The molecule has 12 heteroatoms. The highest BCUT2D eigenvalue weighted by atomic mass is 19.4. The molecule has 1 aromatic carbocycles. The van der Waals surface area contributed by atoms with E-state index in [2.05, 4.69) is 15.1 Å². The molecule has 0 atom stereocenters. The van der Waals surface area contributed by atoms with Crippen molar-refractivity contribution in [2.24, 2.45) is 0 Å². The van der Waals surface area contributed by atoms with Crippen LogP contribution in [0.1, 0.15) is 32.2 Å². The molecule has 0 aliphatic carbocycles. The number of rotatable bonds is 4. The quantitative estimate of drug-likeness (QED) is 0.451. The predicted molar refractivity (Wildman–Crippen MR) is 111 cm³/mol. The molecule has 0 spiro atoms. The first kappa shape index (κ1) is 22.4. The molecule has 4 aromatic rings. The number of imidazole rings is 2. The monoisotopic (exact) mass is 462 g/mol. The van der Waals surface area contributed by atoms with Gasteiger partial charge >= 0.3 is 12.3 Å². The Labute approximate surface area is 186 Å². The average molecular weight is 462 g/mol. The Morgan fingerprint density at radius 2 is 1.76 bits per heavy atom. The topological polar surface area (TPSA) is 88.5 Å². The number of methoxy groups -OCH3 is 1. The van der Waals surface area contributed by atoms with Crippen molar-refractivity contribution in [3.05, 3.63) is 54.2 Å². The van der Waals surface area contributed by atoms with E-state index in [9.17, 15) is 18.0 Å². The smallest absolute Gasteiger partial charge is 0.453 e. The van der Waals surface area contributed by atoms with Crippen molar-refractivity contribution in [1.29, 1.82) is 0 Å². The van der Waals surface area contributed by atoms with E-state index in [1.54, 1.807) is 51.2 Å². The third-order valence-corrected chi connectivity index (χ3v) is 4.54. The summed E-state index contributed by atoms with van der Waals surface area (Å²) in [5, 5.41) is 3.66. The molecule has 33 heavy (non-hydrogen) atoms. The summed E-state index contributed by atoms with van der Waals surface area (Å²) in [6.07, 6.45) is -0.908. The molecule has 0 radical (unpaired) electrons. The van der Waals surface area contributed by atoms with Crippen molar-refractivity contribution >= 4 is 11.9 Å². The molecular weight excluding hydrogens is 441 g/mol. The molecule has 174 valence electrons. The molecule has 0 fully saturated rings. The van der Waals surface area contributed by atoms with Gasteiger partial charge in [-0.05, 0) is 38.5 Å². The number of carbonyl (C=O) groups is 1. The van der Waals surface area contributed by atoms with Gasteiger partial charge in [0.1, 0.15) is 17.0 Å². The maximum atomic E-state index is 13.4. The number of carbonyl (C=O) groups excluding carboxylic acids is 1. The van der Waals surface area contributed by atoms with Gasteiger partial charge in [0.15, 0.2) is 5.82 Å². The van der Waals surface area contributed by atoms with Crippen molar-refractivity contribution in [1.82, 2.24) is 28.7 Å². The first-order valence-electron chi connectivity index (χ1n) is 9.89. The summed E-state index contributed by atoms with van der Waals surface area (Å²) in [7, 11) is 1.52. The number of halogens is 3. The lowest BCUT2D eigenvalue weighted by molar-refractivity contribution is -0.144. The molecule has 0 aliphatic rings. The second kappa shape index (κ2) is 7.94. The Kier molecular flexibility index (Phi) is 5.38. The van der Waals surface area contributed by atoms with Crippen molar-refractivity contribution in [2.45, 2.75) is 39.1 Å². The number of nitrogens with zero attached hydrogens (tertiary/aromatic N) is 6. The third kappa shape index (κ3) is 4.69. The molecule has 3 heterocycles. The summed E-state index contributed by atoms with van der Waals surface area (Å²) in [4.78, 5) is 20.5. The Balaban J connectivity index is 1.74. The molecule has 0 amide bonds. The molecule has 3 aromatic heterocycles. The standard InChI is InChI=1S/C21H21F3N6O3/c1-20(2,3)33-19(31)29-10-9-28-12-15(25-18(28)29)16-26-17(21(22,23)24)27-30(16)11-13-5-7-14(32-4)8-6-13/h5-10,12H,11H2,1-4H3. The molecule has 0 unspecified atom stereocenters. The van der Waals surface area contributed by atoms with Gasteiger partial charge in [-0.25, -0.2) is 24.0 Å². The van der Waals surface area contributed by atoms with E-state index in [1.807, 2.05) is 0 Å². The number of hydrogen-bond donors (Lipinski definition) is 0. The van der Waals surface area contributed by atoms with Crippen molar-refractivity contribution in [3.63, 3.8) is 0 Å². The van der Waals surface area contributed by atoms with Gasteiger partial charge in [-0.15, -0.1) is 5.10 Å². The van der Waals surface area contributed by atoms with Crippen LogP contribution in [0.5, 0.6) is 5.75 Å². The Morgan fingerprint density at radius 3 is 2.36 bits per heavy atom. The van der Waals surface area contributed by atoms with Crippen molar-refractivity contribution in [3.8, 4) is 17.3 Å². The second-order valence-electron chi connectivity index (χ2n) is 8.24. The molecule has 0 bridgehead atoms. The number of aromatic nitrogens is 6. The van der Waals surface area contributed by atoms with E-state index in [0.29, 0.717) is 11.3 Å². The summed E-state index contributed by atoms with van der Waals surface area (Å²) < 4.78 is 54.3. The van der Waals surface area contributed by atoms with Crippen LogP contribution in [0.15, 0.2) is 42.9 Å². The SMILES string of the molecule is COc1ccc(Cn2nc(C(F)(F)F)nc2-c2cn3ccn(C(=O)OC(C)(C)C)c3n2)cc1. The van der Waals surface area contributed by atoms with E-state index < -0.39 is 23.7 Å². The predicted octanol–water partition coefficient (Wildman–Crippen LogP) is 4.25. The van der Waals surface area contributed by atoms with Crippen molar-refractivity contribution in [2.75, 3.05) is 7.11 Å². The van der Waals surface area contributed by atoms with Crippen molar-refractivity contribution < 1.29 is 27.4 Å². The van der Waals surface area contributed by atoms with E-state index >= 15 is 0 Å². The minimum absolute atomic E-state index is 0.0240. The summed E-state index contributed by atoms with van der Waals surface area (Å²) in [5.74, 6) is -0.573. The normalized spacial score (nSPS) is 12.3. The Morgan fingerprint density at radius 1 is 1.06 bits per heavy atom. The number of alkyl halides is 3. The highest BCUT2D eigenvalue weighted by Crippen LogP contribution is 2.29. The highest BCUT2D eigenvalue weighted by molar-refractivity contribution is 5.76. The Hall–Kier alpha value is -3.83. The maximum absolute atomic E-state index is 13.4. The highest BCUT2D eigenvalue weighted by Gasteiger charge is 2.37. The Bertz CT molecular complexity index is 1300. The number of benzene rings is 1. The fourth-order valence-electron chi connectivity index (χ4n) is 3.10. The van der Waals surface area contributed by atoms with Gasteiger partial charge in [0, 0.05) is 18.6 Å². The van der Waals surface area contributed by atoms with Gasteiger partial charge in [-0.3, -0.25) is 4.40 Å². The van der Waals surface area contributed by atoms with Crippen LogP contribution in [-0.2, 0) is 17.5 Å². The molecule has 0 saturated heterocycles. The first-order chi connectivity index (χ1) is 15.4. The van der Waals surface area contributed by atoms with Gasteiger partial charge in [-0.1, -0.05) is 12.1 Å². The van der Waals surface area contributed by atoms with E-state index in [4.69, 9.17) is 9.47 Å². The number of fused-ring (bicyclic) bond motifs is 1. The lowest BCUT2D eigenvalue weighted by Crippen LogP contribution is -2.26. The molecular formula is C21H21F3N6O3. The van der Waals surface area contributed by atoms with Crippen LogP contribution < -0.4 is 4.74 Å². The third-order valence-electron chi connectivity index (χ3n) is 4.54. The summed E-state index contributed by atoms with van der Waals surface area (Å²) in [6, 6.07) is 6.84. The van der Waals surface area contributed by atoms with E-state index in [-0.39, 0.29) is 23.8 Å². The van der Waals surface area contributed by atoms with Gasteiger partial charge in [-0.2, -0.15) is 13.2 Å². The van der Waals surface area contributed by atoms with Gasteiger partial charge in [0.05, 0.1) is 13.7 Å². The van der Waals surface area contributed by atoms with Gasteiger partial charge < -0.3 is 9.47 Å². The van der Waals surface area contributed by atoms with Crippen LogP contribution >= 0.6 is 0 Å². The maximum Gasteiger partial charge on any atom is 0.453 e. The minimum atomic E-state index is -4.73. The summed E-state index contributed by atoms with van der Waals surface area (Å²) in [5.41, 5.74) is 0.0885. The molecule has 0 saturated carbocycles. The zero-order valence-electron chi connectivity index (χ0n) is 18.3. The molecule has 9 nitrogen and oxygen atoms in total.